The predicted molar refractivity (Wildman–Crippen MR) is 72.5 cm³/mol. The summed E-state index contributed by atoms with van der Waals surface area (Å²) in [6.07, 6.45) is 2.60. The van der Waals surface area contributed by atoms with E-state index >= 15 is 0 Å². The Bertz CT molecular complexity index is 493. The van der Waals surface area contributed by atoms with Gasteiger partial charge in [-0.25, -0.2) is 4.98 Å². The van der Waals surface area contributed by atoms with Crippen LogP contribution in [0.1, 0.15) is 17.5 Å². The third-order valence-corrected chi connectivity index (χ3v) is 3.74. The molecule has 2 aromatic rings. The Kier molecular flexibility index (Phi) is 4.10. The summed E-state index contributed by atoms with van der Waals surface area (Å²) < 4.78 is 0. The summed E-state index contributed by atoms with van der Waals surface area (Å²) in [5.74, 6) is 0. The Morgan fingerprint density at radius 1 is 1.41 bits per heavy atom. The van der Waals surface area contributed by atoms with Gasteiger partial charge in [0.15, 0.2) is 0 Å². The van der Waals surface area contributed by atoms with E-state index in [-0.39, 0.29) is 0 Å². The predicted octanol–water partition coefficient (Wildman–Crippen LogP) is 3.14. The van der Waals surface area contributed by atoms with E-state index in [4.69, 9.17) is 11.6 Å². The Morgan fingerprint density at radius 3 is 2.82 bits per heavy atom. The number of hydrogen-bond donors (Lipinski definition) is 1. The Hall–Kier alpha value is -0.970. The Balaban J connectivity index is 2.35. The minimum atomic E-state index is 0.650. The molecule has 90 valence electrons. The SMILES string of the molecule is CCc1nc(-c2ccc(Cl)cn2)sc1CNC. The van der Waals surface area contributed by atoms with Crippen molar-refractivity contribution in [3.05, 3.63) is 33.9 Å². The largest absolute Gasteiger partial charge is 0.315 e. The van der Waals surface area contributed by atoms with Crippen molar-refractivity contribution in [3.8, 4) is 10.7 Å². The lowest BCUT2D eigenvalue weighted by Gasteiger charge is -1.96. The van der Waals surface area contributed by atoms with Crippen LogP contribution in [0.3, 0.4) is 0 Å². The number of hydrogen-bond acceptors (Lipinski definition) is 4. The lowest BCUT2D eigenvalue weighted by atomic mass is 10.3. The van der Waals surface area contributed by atoms with Gasteiger partial charge in [0.1, 0.15) is 5.01 Å². The number of nitrogens with one attached hydrogen (secondary N) is 1. The maximum atomic E-state index is 5.82. The first kappa shape index (κ1) is 12.5. The molecule has 0 atom stereocenters. The number of aromatic nitrogens is 2. The van der Waals surface area contributed by atoms with Crippen molar-refractivity contribution in [2.24, 2.45) is 0 Å². The molecular weight excluding hydrogens is 254 g/mol. The highest BCUT2D eigenvalue weighted by molar-refractivity contribution is 7.15. The van der Waals surface area contributed by atoms with Gasteiger partial charge in [-0.1, -0.05) is 18.5 Å². The van der Waals surface area contributed by atoms with E-state index in [0.29, 0.717) is 5.02 Å². The lowest BCUT2D eigenvalue weighted by Crippen LogP contribution is -2.05. The topological polar surface area (TPSA) is 37.8 Å². The third kappa shape index (κ3) is 2.83. The van der Waals surface area contributed by atoms with E-state index in [9.17, 15) is 0 Å². The first-order chi connectivity index (χ1) is 8.24. The zero-order valence-electron chi connectivity index (χ0n) is 9.83. The zero-order valence-corrected chi connectivity index (χ0v) is 11.4. The summed E-state index contributed by atoms with van der Waals surface area (Å²) in [4.78, 5) is 10.2. The van der Waals surface area contributed by atoms with Gasteiger partial charge >= 0.3 is 0 Å². The van der Waals surface area contributed by atoms with Crippen LogP contribution in [0.5, 0.6) is 0 Å². The van der Waals surface area contributed by atoms with Crippen LogP contribution in [0.25, 0.3) is 10.7 Å². The molecule has 2 heterocycles. The van der Waals surface area contributed by atoms with Crippen molar-refractivity contribution in [1.29, 1.82) is 0 Å². The van der Waals surface area contributed by atoms with E-state index in [1.807, 2.05) is 19.2 Å². The van der Waals surface area contributed by atoms with Crippen molar-refractivity contribution < 1.29 is 0 Å². The van der Waals surface area contributed by atoms with Crippen LogP contribution in [0, 0.1) is 0 Å². The Labute approximate surface area is 110 Å². The summed E-state index contributed by atoms with van der Waals surface area (Å²) in [6.45, 7) is 2.97. The molecule has 5 heteroatoms. The molecule has 0 bridgehead atoms. The highest BCUT2D eigenvalue weighted by Gasteiger charge is 2.11. The van der Waals surface area contributed by atoms with Gasteiger partial charge in [-0.05, 0) is 25.6 Å². The summed E-state index contributed by atoms with van der Waals surface area (Å²) in [5, 5.41) is 4.77. The lowest BCUT2D eigenvalue weighted by molar-refractivity contribution is 0.814. The van der Waals surface area contributed by atoms with E-state index in [1.54, 1.807) is 17.5 Å². The molecule has 0 saturated heterocycles. The van der Waals surface area contributed by atoms with Gasteiger partial charge in [-0.3, -0.25) is 4.98 Å². The number of nitrogens with zero attached hydrogens (tertiary/aromatic N) is 2. The van der Waals surface area contributed by atoms with Gasteiger partial charge in [0.2, 0.25) is 0 Å². The molecule has 0 saturated carbocycles. The van der Waals surface area contributed by atoms with Crippen LogP contribution < -0.4 is 5.32 Å². The molecule has 1 N–H and O–H groups in total. The van der Waals surface area contributed by atoms with Crippen molar-refractivity contribution in [2.45, 2.75) is 19.9 Å². The van der Waals surface area contributed by atoms with Crippen molar-refractivity contribution in [2.75, 3.05) is 7.05 Å². The second kappa shape index (κ2) is 5.58. The number of thiazole rings is 1. The standard InChI is InChI=1S/C12H14ClN3S/c1-3-9-11(7-14-2)17-12(16-9)10-5-4-8(13)6-15-10/h4-6,14H,3,7H2,1-2H3. The molecule has 0 radical (unpaired) electrons. The van der Waals surface area contributed by atoms with Crippen LogP contribution in [0.15, 0.2) is 18.3 Å². The van der Waals surface area contributed by atoms with Gasteiger partial charge in [-0.15, -0.1) is 11.3 Å². The van der Waals surface area contributed by atoms with Gasteiger partial charge in [0.25, 0.3) is 0 Å². The highest BCUT2D eigenvalue weighted by atomic mass is 35.5. The van der Waals surface area contributed by atoms with Crippen LogP contribution >= 0.6 is 22.9 Å². The van der Waals surface area contributed by atoms with E-state index in [0.717, 1.165) is 29.4 Å². The molecule has 3 nitrogen and oxygen atoms in total. The minimum Gasteiger partial charge on any atom is -0.315 e. The molecule has 2 aromatic heterocycles. The molecule has 17 heavy (non-hydrogen) atoms. The fourth-order valence-electron chi connectivity index (χ4n) is 1.57. The number of halogens is 1. The molecular formula is C12H14ClN3S. The number of pyridine rings is 1. The first-order valence-corrected chi connectivity index (χ1v) is 6.69. The fraction of sp³-hybridized carbons (Fsp3) is 0.333. The van der Waals surface area contributed by atoms with Crippen LogP contribution in [-0.4, -0.2) is 17.0 Å². The molecule has 0 aromatic carbocycles. The molecule has 0 fully saturated rings. The van der Waals surface area contributed by atoms with Gasteiger partial charge in [0.05, 0.1) is 16.4 Å². The zero-order chi connectivity index (χ0) is 12.3. The molecule has 0 spiro atoms. The summed E-state index contributed by atoms with van der Waals surface area (Å²) in [6, 6.07) is 3.75. The van der Waals surface area contributed by atoms with Crippen molar-refractivity contribution >= 4 is 22.9 Å². The second-order valence-corrected chi connectivity index (χ2v) is 5.15. The maximum Gasteiger partial charge on any atom is 0.142 e. The number of rotatable bonds is 4. The summed E-state index contributed by atoms with van der Waals surface area (Å²) in [7, 11) is 1.94. The molecule has 2 rings (SSSR count). The maximum absolute atomic E-state index is 5.82. The van der Waals surface area contributed by atoms with Gasteiger partial charge < -0.3 is 5.32 Å². The molecule has 0 unspecified atom stereocenters. The summed E-state index contributed by atoms with van der Waals surface area (Å²) >= 11 is 7.51. The molecule has 0 amide bonds. The normalized spacial score (nSPS) is 10.8. The molecule has 0 aliphatic carbocycles. The van der Waals surface area contributed by atoms with Crippen LogP contribution in [-0.2, 0) is 13.0 Å². The second-order valence-electron chi connectivity index (χ2n) is 3.63. The number of aryl methyl sites for hydroxylation is 1. The average molecular weight is 268 g/mol. The smallest absolute Gasteiger partial charge is 0.142 e. The van der Waals surface area contributed by atoms with Crippen LogP contribution in [0.4, 0.5) is 0 Å². The molecule has 0 aliphatic heterocycles. The van der Waals surface area contributed by atoms with E-state index < -0.39 is 0 Å². The highest BCUT2D eigenvalue weighted by Crippen LogP contribution is 2.27. The minimum absolute atomic E-state index is 0.650. The monoisotopic (exact) mass is 267 g/mol. The third-order valence-electron chi connectivity index (χ3n) is 2.40. The van der Waals surface area contributed by atoms with E-state index in [1.165, 1.54) is 4.88 Å². The first-order valence-electron chi connectivity index (χ1n) is 5.49. The van der Waals surface area contributed by atoms with Crippen molar-refractivity contribution in [1.82, 2.24) is 15.3 Å². The fourth-order valence-corrected chi connectivity index (χ4v) is 2.82. The van der Waals surface area contributed by atoms with Gasteiger partial charge in [-0.2, -0.15) is 0 Å². The van der Waals surface area contributed by atoms with Crippen molar-refractivity contribution in [3.63, 3.8) is 0 Å². The Morgan fingerprint density at radius 2 is 2.24 bits per heavy atom. The summed E-state index contributed by atoms with van der Waals surface area (Å²) in [5.41, 5.74) is 2.03. The van der Waals surface area contributed by atoms with Gasteiger partial charge in [0, 0.05) is 17.6 Å². The van der Waals surface area contributed by atoms with E-state index in [2.05, 4.69) is 22.2 Å². The quantitative estimate of drug-likeness (QED) is 0.925. The van der Waals surface area contributed by atoms with Crippen LogP contribution in [0.2, 0.25) is 5.02 Å². The molecule has 0 aliphatic rings. The average Bonchev–Trinajstić information content (AvgIpc) is 2.74.